The molecule has 0 N–H and O–H groups in total. The average molecular weight is 457 g/mol. The summed E-state index contributed by atoms with van der Waals surface area (Å²) in [5, 5.41) is 0.714. The molecule has 1 aliphatic rings. The van der Waals surface area contributed by atoms with Gasteiger partial charge in [-0.1, -0.05) is 60.2 Å². The molecule has 0 unspecified atom stereocenters. The second-order valence-electron chi connectivity index (χ2n) is 8.27. The number of rotatable bonds is 7. The van der Waals surface area contributed by atoms with Crippen LogP contribution in [0.2, 0.25) is 0 Å². The second kappa shape index (κ2) is 10.5. The first kappa shape index (κ1) is 22.9. The number of hydrogen-bond acceptors (Lipinski definition) is 4. The Labute approximate surface area is 200 Å². The molecule has 1 fully saturated rings. The molecule has 1 saturated heterocycles. The lowest BCUT2D eigenvalue weighted by Crippen LogP contribution is -2.31. The first-order chi connectivity index (χ1) is 16.0. The first-order valence-electron chi connectivity index (χ1n) is 11.2. The monoisotopic (exact) mass is 456 g/mol. The largest absolute Gasteiger partial charge is 0.491 e. The van der Waals surface area contributed by atoms with Gasteiger partial charge in [0.25, 0.3) is 5.91 Å². The van der Waals surface area contributed by atoms with Crippen molar-refractivity contribution in [3.05, 3.63) is 100 Å². The molecule has 0 radical (unpaired) electrons. The van der Waals surface area contributed by atoms with Crippen LogP contribution >= 0.6 is 11.8 Å². The van der Waals surface area contributed by atoms with Crippen LogP contribution in [-0.2, 0) is 11.2 Å². The smallest absolute Gasteiger partial charge is 0.266 e. The summed E-state index contributed by atoms with van der Waals surface area (Å²) < 4.78 is 5.72. The van der Waals surface area contributed by atoms with Gasteiger partial charge in [0.1, 0.15) is 5.75 Å². The summed E-state index contributed by atoms with van der Waals surface area (Å²) >= 11 is 1.43. The van der Waals surface area contributed by atoms with Crippen molar-refractivity contribution in [2.45, 2.75) is 33.3 Å². The molecule has 4 rings (SSSR count). The van der Waals surface area contributed by atoms with E-state index in [2.05, 4.69) is 19.1 Å². The molecule has 0 aliphatic carbocycles. The van der Waals surface area contributed by atoms with Gasteiger partial charge in [0.15, 0.2) is 5.17 Å². The van der Waals surface area contributed by atoms with Crippen molar-refractivity contribution >= 4 is 34.6 Å². The fourth-order valence-corrected chi connectivity index (χ4v) is 4.49. The minimum absolute atomic E-state index is 0.00991. The molecule has 3 aromatic carbocycles. The van der Waals surface area contributed by atoms with Crippen molar-refractivity contribution in [2.75, 3.05) is 6.54 Å². The van der Waals surface area contributed by atoms with Crippen LogP contribution in [0.1, 0.15) is 30.5 Å². The molecular formula is C28H28N2O2S. The van der Waals surface area contributed by atoms with Crippen LogP contribution in [0.3, 0.4) is 0 Å². The second-order valence-corrected chi connectivity index (χ2v) is 9.28. The molecule has 0 bridgehead atoms. The van der Waals surface area contributed by atoms with Crippen molar-refractivity contribution in [3.8, 4) is 5.75 Å². The lowest BCUT2D eigenvalue weighted by atomic mass is 10.1. The van der Waals surface area contributed by atoms with Gasteiger partial charge in [0.2, 0.25) is 0 Å². The van der Waals surface area contributed by atoms with E-state index in [9.17, 15) is 4.79 Å². The number of ether oxygens (including phenoxy) is 1. The van der Waals surface area contributed by atoms with Crippen LogP contribution in [-0.4, -0.2) is 28.6 Å². The number of nitrogens with zero attached hydrogens (tertiary/aromatic N) is 2. The SMILES string of the molecule is Cc1ccc(N=C2S/C(=C/c3ccc(OC(C)C)cc3)C(=O)N2CCc2ccccc2)cc1. The summed E-state index contributed by atoms with van der Waals surface area (Å²) in [6, 6.07) is 26.1. The van der Waals surface area contributed by atoms with Crippen LogP contribution in [0.4, 0.5) is 5.69 Å². The highest BCUT2D eigenvalue weighted by Crippen LogP contribution is 2.34. The van der Waals surface area contributed by atoms with E-state index in [1.807, 2.05) is 86.7 Å². The Morgan fingerprint density at radius 3 is 2.33 bits per heavy atom. The number of benzene rings is 3. The number of aryl methyl sites for hydroxylation is 1. The predicted molar refractivity (Wildman–Crippen MR) is 138 cm³/mol. The highest BCUT2D eigenvalue weighted by atomic mass is 32.2. The summed E-state index contributed by atoms with van der Waals surface area (Å²) in [4.78, 5) is 20.6. The molecule has 3 aromatic rings. The molecule has 0 atom stereocenters. The van der Waals surface area contributed by atoms with Gasteiger partial charge in [-0.2, -0.15) is 0 Å². The lowest BCUT2D eigenvalue weighted by molar-refractivity contribution is -0.122. The van der Waals surface area contributed by atoms with Gasteiger partial charge >= 0.3 is 0 Å². The summed E-state index contributed by atoms with van der Waals surface area (Å²) in [5.74, 6) is 0.813. The maximum atomic E-state index is 13.3. The number of amidine groups is 1. The Kier molecular flexibility index (Phi) is 7.30. The fourth-order valence-electron chi connectivity index (χ4n) is 3.47. The Morgan fingerprint density at radius 1 is 0.970 bits per heavy atom. The molecule has 33 heavy (non-hydrogen) atoms. The van der Waals surface area contributed by atoms with Gasteiger partial charge in [-0.25, -0.2) is 4.99 Å². The van der Waals surface area contributed by atoms with Crippen LogP contribution in [0.25, 0.3) is 6.08 Å². The summed E-state index contributed by atoms with van der Waals surface area (Å²) in [6.07, 6.45) is 2.83. The maximum absolute atomic E-state index is 13.3. The first-order valence-corrected chi connectivity index (χ1v) is 12.0. The van der Waals surface area contributed by atoms with Crippen molar-refractivity contribution in [1.82, 2.24) is 4.90 Å². The van der Waals surface area contributed by atoms with E-state index in [0.717, 1.165) is 23.4 Å². The third-order valence-electron chi connectivity index (χ3n) is 5.16. The molecule has 0 aromatic heterocycles. The minimum Gasteiger partial charge on any atom is -0.491 e. The molecule has 1 amide bonds. The van der Waals surface area contributed by atoms with E-state index in [1.165, 1.54) is 22.9 Å². The van der Waals surface area contributed by atoms with Crippen molar-refractivity contribution in [1.29, 1.82) is 0 Å². The summed E-state index contributed by atoms with van der Waals surface area (Å²) in [7, 11) is 0. The van der Waals surface area contributed by atoms with E-state index < -0.39 is 0 Å². The standard InChI is InChI=1S/C28H28N2O2S/c1-20(2)32-25-15-11-23(12-16-25)19-26-27(31)30(18-17-22-7-5-4-6-8-22)28(33-26)29-24-13-9-21(3)10-14-24/h4-16,19-20H,17-18H2,1-3H3/b26-19+,29-28?. The van der Waals surface area contributed by atoms with Gasteiger partial charge in [-0.3, -0.25) is 9.69 Å². The zero-order valence-electron chi connectivity index (χ0n) is 19.2. The number of thioether (sulfide) groups is 1. The third-order valence-corrected chi connectivity index (χ3v) is 6.17. The van der Waals surface area contributed by atoms with Gasteiger partial charge in [-0.05, 0) is 80.4 Å². The molecule has 0 saturated carbocycles. The molecule has 5 heteroatoms. The Bertz CT molecular complexity index is 1150. The molecule has 0 spiro atoms. The zero-order valence-corrected chi connectivity index (χ0v) is 20.0. The number of amides is 1. The number of carbonyl (C=O) groups excluding carboxylic acids is 1. The highest BCUT2D eigenvalue weighted by molar-refractivity contribution is 8.18. The van der Waals surface area contributed by atoms with Gasteiger partial charge in [0.05, 0.1) is 16.7 Å². The Balaban J connectivity index is 1.59. The van der Waals surface area contributed by atoms with Crippen molar-refractivity contribution in [3.63, 3.8) is 0 Å². The number of hydrogen-bond donors (Lipinski definition) is 0. The fraction of sp³-hybridized carbons (Fsp3) is 0.214. The quantitative estimate of drug-likeness (QED) is 0.375. The molecular weight excluding hydrogens is 428 g/mol. The normalized spacial score (nSPS) is 16.2. The van der Waals surface area contributed by atoms with Crippen molar-refractivity contribution < 1.29 is 9.53 Å². The van der Waals surface area contributed by atoms with E-state index in [0.29, 0.717) is 16.6 Å². The van der Waals surface area contributed by atoms with Crippen LogP contribution in [0.5, 0.6) is 5.75 Å². The number of carbonyl (C=O) groups is 1. The molecule has 1 heterocycles. The summed E-state index contributed by atoms with van der Waals surface area (Å²) in [6.45, 7) is 6.64. The van der Waals surface area contributed by atoms with Gasteiger partial charge in [-0.15, -0.1) is 0 Å². The topological polar surface area (TPSA) is 41.9 Å². The van der Waals surface area contributed by atoms with Gasteiger partial charge in [0, 0.05) is 6.54 Å². The van der Waals surface area contributed by atoms with Crippen LogP contribution in [0.15, 0.2) is 88.8 Å². The highest BCUT2D eigenvalue weighted by Gasteiger charge is 2.33. The van der Waals surface area contributed by atoms with E-state index in [-0.39, 0.29) is 12.0 Å². The Morgan fingerprint density at radius 2 is 1.67 bits per heavy atom. The summed E-state index contributed by atoms with van der Waals surface area (Å²) in [5.41, 5.74) is 4.18. The molecule has 4 nitrogen and oxygen atoms in total. The van der Waals surface area contributed by atoms with E-state index in [1.54, 1.807) is 4.90 Å². The molecule has 1 aliphatic heterocycles. The molecule has 168 valence electrons. The van der Waals surface area contributed by atoms with E-state index >= 15 is 0 Å². The zero-order chi connectivity index (χ0) is 23.2. The van der Waals surface area contributed by atoms with Crippen LogP contribution < -0.4 is 4.74 Å². The van der Waals surface area contributed by atoms with E-state index in [4.69, 9.17) is 9.73 Å². The maximum Gasteiger partial charge on any atom is 0.266 e. The van der Waals surface area contributed by atoms with Crippen molar-refractivity contribution in [2.24, 2.45) is 4.99 Å². The van der Waals surface area contributed by atoms with Gasteiger partial charge < -0.3 is 4.74 Å². The predicted octanol–water partition coefficient (Wildman–Crippen LogP) is 6.63. The average Bonchev–Trinajstić information content (AvgIpc) is 3.09. The minimum atomic E-state index is -0.00991. The Hall–Kier alpha value is -3.31. The van der Waals surface area contributed by atoms with Crippen LogP contribution in [0, 0.1) is 6.92 Å². The number of aliphatic imine (C=N–C) groups is 1. The lowest BCUT2D eigenvalue weighted by Gasteiger charge is -2.15. The third kappa shape index (κ3) is 6.14.